The number of carbonyl (C=O) groups is 1. The van der Waals surface area contributed by atoms with Crippen LogP contribution in [0.5, 0.6) is 5.75 Å². The molecule has 4 rings (SSSR count). The number of anilines is 1. The third-order valence-electron chi connectivity index (χ3n) is 3.35. The number of para-hydroxylation sites is 2. The van der Waals surface area contributed by atoms with E-state index in [1.807, 2.05) is 36.5 Å². The van der Waals surface area contributed by atoms with Crippen LogP contribution in [-0.4, -0.2) is 15.9 Å². The summed E-state index contributed by atoms with van der Waals surface area (Å²) in [5, 5.41) is 3.76. The number of pyridine rings is 1. The van der Waals surface area contributed by atoms with Crippen molar-refractivity contribution in [1.29, 1.82) is 0 Å². The molecule has 5 heteroatoms. The number of H-pyrrole nitrogens is 1. The summed E-state index contributed by atoms with van der Waals surface area (Å²) in [5.74, 6) is 0.645. The fourth-order valence-corrected chi connectivity index (χ4v) is 2.34. The number of hydrogen-bond acceptors (Lipinski definition) is 3. The van der Waals surface area contributed by atoms with Gasteiger partial charge in [-0.05, 0) is 30.3 Å². The summed E-state index contributed by atoms with van der Waals surface area (Å²) < 4.78 is 5.68. The molecular weight excluding hydrogens is 266 g/mol. The highest BCUT2D eigenvalue weighted by atomic mass is 16.5. The summed E-state index contributed by atoms with van der Waals surface area (Å²) in [6, 6.07) is 11.1. The first-order valence-electron chi connectivity index (χ1n) is 6.53. The molecule has 3 aromatic rings. The number of aromatic amines is 1. The molecule has 2 aromatic heterocycles. The van der Waals surface area contributed by atoms with Crippen LogP contribution in [-0.2, 0) is 4.79 Å². The zero-order chi connectivity index (χ0) is 14.2. The molecule has 1 aliphatic rings. The lowest BCUT2D eigenvalue weighted by Crippen LogP contribution is -2.23. The first-order chi connectivity index (χ1) is 10.3. The average Bonchev–Trinajstić information content (AvgIpc) is 2.91. The molecule has 5 nitrogen and oxygen atoms in total. The minimum absolute atomic E-state index is 0.257. The zero-order valence-electron chi connectivity index (χ0n) is 11.0. The maximum atomic E-state index is 12.1. The molecule has 0 unspecified atom stereocenters. The molecule has 0 atom stereocenters. The van der Waals surface area contributed by atoms with Gasteiger partial charge in [-0.3, -0.25) is 4.79 Å². The molecule has 0 bridgehead atoms. The highest BCUT2D eigenvalue weighted by Crippen LogP contribution is 2.31. The molecule has 1 aromatic carbocycles. The second kappa shape index (κ2) is 4.49. The van der Waals surface area contributed by atoms with Crippen molar-refractivity contribution in [2.24, 2.45) is 0 Å². The van der Waals surface area contributed by atoms with E-state index in [1.54, 1.807) is 18.3 Å². The minimum atomic E-state index is -0.257. The molecule has 0 fully saturated rings. The fraction of sp³-hybridized carbons (Fsp3) is 0. The highest BCUT2D eigenvalue weighted by molar-refractivity contribution is 6.09. The molecule has 2 N–H and O–H groups in total. The highest BCUT2D eigenvalue weighted by Gasteiger charge is 2.21. The van der Waals surface area contributed by atoms with Gasteiger partial charge in [-0.1, -0.05) is 12.1 Å². The van der Waals surface area contributed by atoms with Gasteiger partial charge >= 0.3 is 0 Å². The Balaban J connectivity index is 1.78. The van der Waals surface area contributed by atoms with E-state index < -0.39 is 0 Å². The standard InChI is InChI=1S/C16H11N3O2/c20-16-14(21-13-6-2-1-5-12(13)19-16)8-10-9-18-15-11(10)4-3-7-17-15/h1-9H,(H,17,18)(H,19,20)/b14-8+. The van der Waals surface area contributed by atoms with E-state index in [4.69, 9.17) is 4.74 Å². The number of ether oxygens (including phenoxy) is 1. The van der Waals surface area contributed by atoms with Gasteiger partial charge in [-0.2, -0.15) is 0 Å². The molecule has 102 valence electrons. The second-order valence-corrected chi connectivity index (χ2v) is 4.70. The van der Waals surface area contributed by atoms with Crippen LogP contribution in [0.15, 0.2) is 54.6 Å². The Kier molecular flexibility index (Phi) is 2.50. The first kappa shape index (κ1) is 11.7. The number of rotatable bonds is 1. The molecule has 0 aliphatic carbocycles. The lowest BCUT2D eigenvalue weighted by molar-refractivity contribution is -0.115. The summed E-state index contributed by atoms with van der Waals surface area (Å²) in [5.41, 5.74) is 2.32. The number of hydrogen-bond donors (Lipinski definition) is 2. The SMILES string of the molecule is O=C1Nc2ccccc2O/C1=C/c1c[nH]c2ncccc12. The van der Waals surface area contributed by atoms with E-state index >= 15 is 0 Å². The molecular formula is C16H11N3O2. The summed E-state index contributed by atoms with van der Waals surface area (Å²) in [4.78, 5) is 19.4. The number of nitrogens with one attached hydrogen (secondary N) is 2. The monoisotopic (exact) mass is 277 g/mol. The number of amides is 1. The first-order valence-corrected chi connectivity index (χ1v) is 6.53. The molecule has 1 amide bonds. The van der Waals surface area contributed by atoms with Gasteiger partial charge in [0.1, 0.15) is 5.65 Å². The van der Waals surface area contributed by atoms with Crippen LogP contribution in [0.4, 0.5) is 5.69 Å². The predicted octanol–water partition coefficient (Wildman–Crippen LogP) is 2.93. The van der Waals surface area contributed by atoms with Gasteiger partial charge in [0.15, 0.2) is 11.5 Å². The van der Waals surface area contributed by atoms with Crippen molar-refractivity contribution in [3.8, 4) is 5.75 Å². The second-order valence-electron chi connectivity index (χ2n) is 4.70. The predicted molar refractivity (Wildman–Crippen MR) is 79.8 cm³/mol. The molecule has 0 spiro atoms. The number of fused-ring (bicyclic) bond motifs is 2. The van der Waals surface area contributed by atoms with Crippen LogP contribution in [0.1, 0.15) is 5.56 Å². The maximum Gasteiger partial charge on any atom is 0.291 e. The van der Waals surface area contributed by atoms with Crippen LogP contribution in [0.3, 0.4) is 0 Å². The Hall–Kier alpha value is -3.08. The van der Waals surface area contributed by atoms with E-state index in [0.29, 0.717) is 11.4 Å². The summed E-state index contributed by atoms with van der Waals surface area (Å²) in [6.45, 7) is 0. The number of carbonyl (C=O) groups excluding carboxylic acids is 1. The molecule has 1 aliphatic heterocycles. The number of aromatic nitrogens is 2. The van der Waals surface area contributed by atoms with Crippen molar-refractivity contribution < 1.29 is 9.53 Å². The third kappa shape index (κ3) is 1.95. The van der Waals surface area contributed by atoms with Gasteiger partial charge in [0.25, 0.3) is 5.91 Å². The van der Waals surface area contributed by atoms with Crippen LogP contribution < -0.4 is 10.1 Å². The lowest BCUT2D eigenvalue weighted by Gasteiger charge is -2.19. The van der Waals surface area contributed by atoms with E-state index in [-0.39, 0.29) is 11.7 Å². The Bertz CT molecular complexity index is 880. The van der Waals surface area contributed by atoms with E-state index in [1.165, 1.54) is 0 Å². The van der Waals surface area contributed by atoms with Crippen LogP contribution in [0.25, 0.3) is 17.1 Å². The van der Waals surface area contributed by atoms with Gasteiger partial charge < -0.3 is 15.0 Å². The maximum absolute atomic E-state index is 12.1. The zero-order valence-corrected chi connectivity index (χ0v) is 11.0. The van der Waals surface area contributed by atoms with Gasteiger partial charge in [0, 0.05) is 23.3 Å². The normalized spacial score (nSPS) is 15.6. The van der Waals surface area contributed by atoms with Gasteiger partial charge in [0.05, 0.1) is 5.69 Å². The third-order valence-corrected chi connectivity index (χ3v) is 3.35. The van der Waals surface area contributed by atoms with Crippen molar-refractivity contribution in [1.82, 2.24) is 9.97 Å². The number of benzene rings is 1. The smallest absolute Gasteiger partial charge is 0.291 e. The van der Waals surface area contributed by atoms with Crippen LogP contribution >= 0.6 is 0 Å². The minimum Gasteiger partial charge on any atom is -0.449 e. The largest absolute Gasteiger partial charge is 0.449 e. The Morgan fingerprint density at radius 3 is 3.00 bits per heavy atom. The lowest BCUT2D eigenvalue weighted by atomic mass is 10.2. The Morgan fingerprint density at radius 2 is 2.05 bits per heavy atom. The molecule has 3 heterocycles. The Morgan fingerprint density at radius 1 is 1.14 bits per heavy atom. The molecule has 0 saturated heterocycles. The van der Waals surface area contributed by atoms with Crippen molar-refractivity contribution >= 4 is 28.7 Å². The summed E-state index contributed by atoms with van der Waals surface area (Å²) in [7, 11) is 0. The Labute approximate surface area is 120 Å². The van der Waals surface area contributed by atoms with E-state index in [0.717, 1.165) is 16.6 Å². The van der Waals surface area contributed by atoms with Gasteiger partial charge in [0.2, 0.25) is 0 Å². The van der Waals surface area contributed by atoms with Gasteiger partial charge in [-0.15, -0.1) is 0 Å². The molecule has 21 heavy (non-hydrogen) atoms. The summed E-state index contributed by atoms with van der Waals surface area (Å²) in [6.07, 6.45) is 5.24. The fourth-order valence-electron chi connectivity index (χ4n) is 2.34. The van der Waals surface area contributed by atoms with E-state index in [2.05, 4.69) is 15.3 Å². The molecule has 0 saturated carbocycles. The van der Waals surface area contributed by atoms with Crippen LogP contribution in [0, 0.1) is 0 Å². The molecule has 0 radical (unpaired) electrons. The van der Waals surface area contributed by atoms with Crippen molar-refractivity contribution in [2.45, 2.75) is 0 Å². The average molecular weight is 277 g/mol. The van der Waals surface area contributed by atoms with Crippen molar-refractivity contribution in [2.75, 3.05) is 5.32 Å². The number of nitrogens with zero attached hydrogens (tertiary/aromatic N) is 1. The quantitative estimate of drug-likeness (QED) is 0.672. The van der Waals surface area contributed by atoms with E-state index in [9.17, 15) is 4.79 Å². The van der Waals surface area contributed by atoms with Crippen LogP contribution in [0.2, 0.25) is 0 Å². The van der Waals surface area contributed by atoms with Crippen molar-refractivity contribution in [3.05, 3.63) is 60.1 Å². The summed E-state index contributed by atoms with van der Waals surface area (Å²) >= 11 is 0. The topological polar surface area (TPSA) is 67.0 Å². The van der Waals surface area contributed by atoms with Crippen molar-refractivity contribution in [3.63, 3.8) is 0 Å². The van der Waals surface area contributed by atoms with Gasteiger partial charge in [-0.25, -0.2) is 4.98 Å².